The van der Waals surface area contributed by atoms with Gasteiger partial charge in [0.1, 0.15) is 12.4 Å². The maximum absolute atomic E-state index is 11.5. The van der Waals surface area contributed by atoms with Gasteiger partial charge in [-0.2, -0.15) is 0 Å². The first kappa shape index (κ1) is 15.4. The number of nitrogen functional groups attached to an aromatic ring is 1. The van der Waals surface area contributed by atoms with Crippen LogP contribution in [0.4, 0.5) is 5.69 Å². The summed E-state index contributed by atoms with van der Waals surface area (Å²) in [4.78, 5) is 22.2. The molecule has 1 aromatic heterocycles. The molecule has 110 valence electrons. The number of rotatable bonds is 5. The molecule has 0 fully saturated rings. The van der Waals surface area contributed by atoms with Gasteiger partial charge in [0.2, 0.25) is 0 Å². The third kappa shape index (κ3) is 3.57. The Kier molecular flexibility index (Phi) is 4.89. The molecular weight excluding hydrogens is 362 g/mol. The minimum atomic E-state index is -0.503. The lowest BCUT2D eigenvalue weighted by Gasteiger charge is -2.08. The summed E-state index contributed by atoms with van der Waals surface area (Å²) in [6, 6.07) is 5.96. The number of hydrogen-bond donors (Lipinski definition) is 2. The highest BCUT2D eigenvalue weighted by Gasteiger charge is 2.14. The number of hydrogen-bond acceptors (Lipinski definition) is 6. The van der Waals surface area contributed by atoms with Gasteiger partial charge in [-0.25, -0.2) is 5.84 Å². The summed E-state index contributed by atoms with van der Waals surface area (Å²) in [5.41, 5.74) is 2.64. The normalized spacial score (nSPS) is 10.2. The molecule has 0 aliphatic heterocycles. The van der Waals surface area contributed by atoms with Gasteiger partial charge in [0.15, 0.2) is 0 Å². The van der Waals surface area contributed by atoms with E-state index in [0.29, 0.717) is 20.7 Å². The van der Waals surface area contributed by atoms with Crippen LogP contribution >= 0.6 is 27.3 Å². The molecule has 3 N–H and O–H groups in total. The maximum Gasteiger partial charge on any atom is 0.275 e. The minimum absolute atomic E-state index is 0.0709. The Morgan fingerprint density at radius 1 is 1.48 bits per heavy atom. The van der Waals surface area contributed by atoms with E-state index in [2.05, 4.69) is 21.4 Å². The van der Waals surface area contributed by atoms with Crippen LogP contribution in [0.25, 0.3) is 0 Å². The first-order chi connectivity index (χ1) is 10.0. The number of nitro groups is 1. The van der Waals surface area contributed by atoms with E-state index in [1.54, 1.807) is 11.4 Å². The number of amides is 1. The largest absolute Gasteiger partial charge is 0.487 e. The average molecular weight is 372 g/mol. The lowest BCUT2D eigenvalue weighted by molar-refractivity contribution is -0.385. The van der Waals surface area contributed by atoms with Crippen molar-refractivity contribution in [2.45, 2.75) is 6.61 Å². The third-order valence-corrected chi connectivity index (χ3v) is 4.20. The second kappa shape index (κ2) is 6.66. The van der Waals surface area contributed by atoms with E-state index in [-0.39, 0.29) is 12.3 Å². The van der Waals surface area contributed by atoms with Gasteiger partial charge in [0, 0.05) is 11.6 Å². The summed E-state index contributed by atoms with van der Waals surface area (Å²) in [6.45, 7) is 0.103. The van der Waals surface area contributed by atoms with Crippen molar-refractivity contribution in [1.29, 1.82) is 0 Å². The molecule has 0 bridgehead atoms. The zero-order valence-electron chi connectivity index (χ0n) is 10.5. The summed E-state index contributed by atoms with van der Waals surface area (Å²) in [5.74, 6) is 5.03. The number of carbonyl (C=O) groups is 1. The maximum atomic E-state index is 11.5. The van der Waals surface area contributed by atoms with Crippen molar-refractivity contribution in [2.75, 3.05) is 0 Å². The minimum Gasteiger partial charge on any atom is -0.487 e. The Hall–Kier alpha value is -1.97. The highest BCUT2D eigenvalue weighted by Crippen LogP contribution is 2.30. The van der Waals surface area contributed by atoms with Crippen LogP contribution in [0.15, 0.2) is 34.1 Å². The Bertz CT molecular complexity index is 689. The molecule has 0 radical (unpaired) electrons. The predicted molar refractivity (Wildman–Crippen MR) is 81.1 cm³/mol. The number of non-ortho nitro benzene ring substituents is 1. The van der Waals surface area contributed by atoms with Gasteiger partial charge >= 0.3 is 0 Å². The molecular formula is C12H10BrN3O4S. The van der Waals surface area contributed by atoms with Crippen molar-refractivity contribution in [2.24, 2.45) is 5.84 Å². The van der Waals surface area contributed by atoms with Gasteiger partial charge in [-0.3, -0.25) is 20.3 Å². The fourth-order valence-corrected chi connectivity index (χ4v) is 2.76. The molecule has 0 aliphatic carbocycles. The number of nitro benzene ring substituents is 1. The smallest absolute Gasteiger partial charge is 0.275 e. The van der Waals surface area contributed by atoms with Crippen LogP contribution in [0.2, 0.25) is 0 Å². The zero-order chi connectivity index (χ0) is 15.4. The summed E-state index contributed by atoms with van der Waals surface area (Å²) in [5, 5.41) is 12.5. The molecule has 1 aromatic carbocycles. The summed E-state index contributed by atoms with van der Waals surface area (Å²) >= 11 is 4.50. The van der Waals surface area contributed by atoms with Crippen LogP contribution in [0.3, 0.4) is 0 Å². The molecule has 0 saturated heterocycles. The Morgan fingerprint density at radius 3 is 2.90 bits per heavy atom. The molecule has 1 amide bonds. The summed E-state index contributed by atoms with van der Waals surface area (Å²) in [7, 11) is 0. The number of nitrogens with one attached hydrogen (secondary N) is 1. The molecule has 1 heterocycles. The van der Waals surface area contributed by atoms with E-state index in [0.717, 1.165) is 0 Å². The summed E-state index contributed by atoms with van der Waals surface area (Å²) in [6.07, 6.45) is 0. The van der Waals surface area contributed by atoms with E-state index in [1.165, 1.54) is 29.5 Å². The second-order valence-corrected chi connectivity index (χ2v) is 5.68. The Balaban J connectivity index is 2.17. The van der Waals surface area contributed by atoms with Crippen LogP contribution in [0.5, 0.6) is 5.75 Å². The SMILES string of the molecule is NNC(=O)c1sccc1COc1cc([N+](=O)[O-])ccc1Br. The van der Waals surface area contributed by atoms with Gasteiger partial charge in [-0.15, -0.1) is 11.3 Å². The molecule has 0 spiro atoms. The monoisotopic (exact) mass is 371 g/mol. The zero-order valence-corrected chi connectivity index (χ0v) is 12.9. The fourth-order valence-electron chi connectivity index (χ4n) is 1.59. The number of thiophene rings is 1. The fraction of sp³-hybridized carbons (Fsp3) is 0.0833. The van der Waals surface area contributed by atoms with E-state index in [4.69, 9.17) is 10.6 Å². The molecule has 7 nitrogen and oxygen atoms in total. The average Bonchev–Trinajstić information content (AvgIpc) is 2.93. The van der Waals surface area contributed by atoms with Gasteiger partial charge < -0.3 is 4.74 Å². The van der Waals surface area contributed by atoms with E-state index in [9.17, 15) is 14.9 Å². The quantitative estimate of drug-likeness (QED) is 0.363. The third-order valence-electron chi connectivity index (χ3n) is 2.59. The van der Waals surface area contributed by atoms with Crippen LogP contribution in [0, 0.1) is 10.1 Å². The van der Waals surface area contributed by atoms with Crippen molar-refractivity contribution in [3.05, 3.63) is 54.7 Å². The molecule has 21 heavy (non-hydrogen) atoms. The second-order valence-electron chi connectivity index (χ2n) is 3.91. The molecule has 2 rings (SSSR count). The number of nitrogens with two attached hydrogens (primary N) is 1. The predicted octanol–water partition coefficient (Wildman–Crippen LogP) is 2.60. The molecule has 0 unspecified atom stereocenters. The molecule has 2 aromatic rings. The summed E-state index contributed by atoms with van der Waals surface area (Å²) < 4.78 is 6.13. The van der Waals surface area contributed by atoms with E-state index >= 15 is 0 Å². The van der Waals surface area contributed by atoms with Crippen LogP contribution in [0.1, 0.15) is 15.2 Å². The number of ether oxygens (including phenoxy) is 1. The number of carbonyl (C=O) groups excluding carboxylic acids is 1. The standard InChI is InChI=1S/C12H10BrN3O4S/c13-9-2-1-8(16(18)19)5-10(9)20-6-7-3-4-21-11(7)12(17)15-14/h1-5H,6,14H2,(H,15,17). The van der Waals surface area contributed by atoms with E-state index < -0.39 is 10.8 Å². The number of benzene rings is 1. The molecule has 0 aliphatic rings. The first-order valence-corrected chi connectivity index (χ1v) is 7.34. The Labute approximate surface area is 132 Å². The van der Waals surface area contributed by atoms with Gasteiger partial charge in [0.05, 0.1) is 20.3 Å². The van der Waals surface area contributed by atoms with E-state index in [1.807, 2.05) is 0 Å². The van der Waals surface area contributed by atoms with Gasteiger partial charge in [0.25, 0.3) is 11.6 Å². The number of halogens is 1. The highest BCUT2D eigenvalue weighted by atomic mass is 79.9. The first-order valence-electron chi connectivity index (χ1n) is 5.67. The van der Waals surface area contributed by atoms with Crippen molar-refractivity contribution < 1.29 is 14.5 Å². The van der Waals surface area contributed by atoms with Crippen LogP contribution in [-0.4, -0.2) is 10.8 Å². The number of nitrogens with zero attached hydrogens (tertiary/aromatic N) is 1. The van der Waals surface area contributed by atoms with Crippen molar-refractivity contribution in [3.8, 4) is 5.75 Å². The van der Waals surface area contributed by atoms with Crippen molar-refractivity contribution >= 4 is 38.9 Å². The molecule has 0 saturated carbocycles. The van der Waals surface area contributed by atoms with Gasteiger partial charge in [-0.1, -0.05) is 0 Å². The molecule has 9 heteroatoms. The van der Waals surface area contributed by atoms with Crippen molar-refractivity contribution in [3.63, 3.8) is 0 Å². The highest BCUT2D eigenvalue weighted by molar-refractivity contribution is 9.10. The lowest BCUT2D eigenvalue weighted by atomic mass is 10.2. The van der Waals surface area contributed by atoms with Crippen LogP contribution in [-0.2, 0) is 6.61 Å². The lowest BCUT2D eigenvalue weighted by Crippen LogP contribution is -2.30. The number of hydrazine groups is 1. The van der Waals surface area contributed by atoms with Crippen molar-refractivity contribution in [1.82, 2.24) is 5.43 Å². The topological polar surface area (TPSA) is 107 Å². The molecule has 0 atom stereocenters. The van der Waals surface area contributed by atoms with Crippen LogP contribution < -0.4 is 16.0 Å². The van der Waals surface area contributed by atoms with Gasteiger partial charge in [-0.05, 0) is 33.4 Å². The Morgan fingerprint density at radius 2 is 2.24 bits per heavy atom.